The number of para-hydroxylation sites is 1. The molecule has 1 saturated carbocycles. The van der Waals surface area contributed by atoms with Gasteiger partial charge in [0, 0.05) is 13.1 Å². The van der Waals surface area contributed by atoms with Gasteiger partial charge in [-0.05, 0) is 25.0 Å². The first-order valence-electron chi connectivity index (χ1n) is 6.53. The van der Waals surface area contributed by atoms with Crippen LogP contribution in [0, 0.1) is 0 Å². The van der Waals surface area contributed by atoms with Gasteiger partial charge in [-0.1, -0.05) is 25.0 Å². The molecule has 0 bridgehead atoms. The van der Waals surface area contributed by atoms with E-state index >= 15 is 0 Å². The van der Waals surface area contributed by atoms with E-state index in [1.807, 2.05) is 18.2 Å². The van der Waals surface area contributed by atoms with Crippen molar-refractivity contribution in [1.82, 2.24) is 10.3 Å². The van der Waals surface area contributed by atoms with E-state index in [0.717, 1.165) is 42.8 Å². The minimum atomic E-state index is -0.476. The molecule has 4 heteroatoms. The van der Waals surface area contributed by atoms with Gasteiger partial charge in [0.15, 0.2) is 0 Å². The van der Waals surface area contributed by atoms with Crippen LogP contribution in [0.4, 0.5) is 0 Å². The van der Waals surface area contributed by atoms with Gasteiger partial charge in [0.2, 0.25) is 0 Å². The third-order valence-corrected chi connectivity index (χ3v) is 4.64. The van der Waals surface area contributed by atoms with Crippen molar-refractivity contribution in [2.24, 2.45) is 0 Å². The number of nitrogens with one attached hydrogen (secondary N) is 1. The van der Waals surface area contributed by atoms with E-state index in [1.54, 1.807) is 11.3 Å². The molecule has 1 aromatic heterocycles. The maximum atomic E-state index is 10.2. The number of rotatable bonds is 4. The van der Waals surface area contributed by atoms with E-state index in [-0.39, 0.29) is 0 Å². The first-order valence-corrected chi connectivity index (χ1v) is 7.34. The van der Waals surface area contributed by atoms with E-state index in [9.17, 15) is 5.11 Å². The summed E-state index contributed by atoms with van der Waals surface area (Å²) in [5.41, 5.74) is 0.593. The lowest BCUT2D eigenvalue weighted by Crippen LogP contribution is -2.37. The Kier molecular flexibility index (Phi) is 3.33. The minimum absolute atomic E-state index is 0.476. The summed E-state index contributed by atoms with van der Waals surface area (Å²) < 4.78 is 1.23. The Hall–Kier alpha value is -0.970. The van der Waals surface area contributed by atoms with Crippen LogP contribution in [0.3, 0.4) is 0 Å². The highest BCUT2D eigenvalue weighted by molar-refractivity contribution is 7.18. The summed E-state index contributed by atoms with van der Waals surface area (Å²) in [6.45, 7) is 1.44. The van der Waals surface area contributed by atoms with Crippen LogP contribution >= 0.6 is 11.3 Å². The SMILES string of the molecule is OC1(CNCc2nc3ccccc3s2)CCCC1. The number of nitrogens with zero attached hydrogens (tertiary/aromatic N) is 1. The molecular formula is C14H18N2OS. The lowest BCUT2D eigenvalue weighted by atomic mass is 10.0. The van der Waals surface area contributed by atoms with E-state index in [0.29, 0.717) is 6.54 Å². The smallest absolute Gasteiger partial charge is 0.108 e. The van der Waals surface area contributed by atoms with Gasteiger partial charge in [0.05, 0.1) is 15.8 Å². The highest BCUT2D eigenvalue weighted by Gasteiger charge is 2.30. The molecule has 3 rings (SSSR count). The van der Waals surface area contributed by atoms with Crippen molar-refractivity contribution in [3.8, 4) is 0 Å². The Bertz CT molecular complexity index is 498. The Labute approximate surface area is 111 Å². The molecule has 1 aromatic carbocycles. The lowest BCUT2D eigenvalue weighted by molar-refractivity contribution is 0.0475. The number of thiazole rings is 1. The van der Waals surface area contributed by atoms with Crippen molar-refractivity contribution in [3.05, 3.63) is 29.3 Å². The molecule has 0 spiro atoms. The molecule has 0 amide bonds. The molecular weight excluding hydrogens is 244 g/mol. The van der Waals surface area contributed by atoms with Crippen LogP contribution in [0.15, 0.2) is 24.3 Å². The second-order valence-corrected chi connectivity index (χ2v) is 6.23. The number of hydrogen-bond donors (Lipinski definition) is 2. The molecule has 0 saturated heterocycles. The summed E-state index contributed by atoms with van der Waals surface area (Å²) in [4.78, 5) is 4.57. The second kappa shape index (κ2) is 4.96. The number of benzene rings is 1. The summed E-state index contributed by atoms with van der Waals surface area (Å²) in [6.07, 6.45) is 4.17. The Morgan fingerprint density at radius 1 is 1.28 bits per heavy atom. The molecule has 1 aliphatic carbocycles. The van der Waals surface area contributed by atoms with Gasteiger partial charge in [-0.2, -0.15) is 0 Å². The van der Waals surface area contributed by atoms with Crippen molar-refractivity contribution in [1.29, 1.82) is 0 Å². The predicted octanol–water partition coefficient (Wildman–Crippen LogP) is 2.69. The molecule has 2 N–H and O–H groups in total. The molecule has 2 aromatic rings. The fourth-order valence-electron chi connectivity index (χ4n) is 2.61. The summed E-state index contributed by atoms with van der Waals surface area (Å²) in [5.74, 6) is 0. The van der Waals surface area contributed by atoms with Crippen LogP contribution in [0.1, 0.15) is 30.7 Å². The largest absolute Gasteiger partial charge is 0.389 e. The molecule has 0 aliphatic heterocycles. The predicted molar refractivity (Wildman–Crippen MR) is 74.7 cm³/mol. The maximum Gasteiger partial charge on any atom is 0.108 e. The highest BCUT2D eigenvalue weighted by Crippen LogP contribution is 2.28. The molecule has 1 heterocycles. The van der Waals surface area contributed by atoms with E-state index in [4.69, 9.17) is 0 Å². The normalized spacial score (nSPS) is 18.5. The van der Waals surface area contributed by atoms with Gasteiger partial charge in [-0.15, -0.1) is 11.3 Å². The van der Waals surface area contributed by atoms with Crippen molar-refractivity contribution in [2.75, 3.05) is 6.54 Å². The number of fused-ring (bicyclic) bond motifs is 1. The summed E-state index contributed by atoms with van der Waals surface area (Å²) in [5, 5.41) is 14.7. The Morgan fingerprint density at radius 3 is 2.83 bits per heavy atom. The zero-order valence-corrected chi connectivity index (χ0v) is 11.2. The topological polar surface area (TPSA) is 45.1 Å². The van der Waals surface area contributed by atoms with Crippen LogP contribution in [-0.2, 0) is 6.54 Å². The molecule has 0 atom stereocenters. The molecule has 3 nitrogen and oxygen atoms in total. The standard InChI is InChI=1S/C14H18N2OS/c17-14(7-3-4-8-14)10-15-9-13-16-11-5-1-2-6-12(11)18-13/h1-2,5-6,15,17H,3-4,7-10H2. The third-order valence-electron chi connectivity index (χ3n) is 3.60. The van der Waals surface area contributed by atoms with Gasteiger partial charge in [-0.3, -0.25) is 0 Å². The van der Waals surface area contributed by atoms with Gasteiger partial charge in [0.25, 0.3) is 0 Å². The minimum Gasteiger partial charge on any atom is -0.389 e. The first kappa shape index (κ1) is 12.1. The number of aromatic nitrogens is 1. The molecule has 96 valence electrons. The van der Waals surface area contributed by atoms with Gasteiger partial charge in [0.1, 0.15) is 5.01 Å². The van der Waals surface area contributed by atoms with Gasteiger partial charge in [-0.25, -0.2) is 4.98 Å². The summed E-state index contributed by atoms with van der Waals surface area (Å²) >= 11 is 1.72. The fraction of sp³-hybridized carbons (Fsp3) is 0.500. The lowest BCUT2D eigenvalue weighted by Gasteiger charge is -2.21. The quantitative estimate of drug-likeness (QED) is 0.890. The molecule has 18 heavy (non-hydrogen) atoms. The van der Waals surface area contributed by atoms with Crippen LogP contribution in [0.2, 0.25) is 0 Å². The second-order valence-electron chi connectivity index (χ2n) is 5.11. The molecule has 0 unspecified atom stereocenters. The van der Waals surface area contributed by atoms with Crippen LogP contribution in [0.25, 0.3) is 10.2 Å². The average molecular weight is 262 g/mol. The van der Waals surface area contributed by atoms with E-state index in [2.05, 4.69) is 16.4 Å². The van der Waals surface area contributed by atoms with Gasteiger partial charge >= 0.3 is 0 Å². The molecule has 1 aliphatic rings. The van der Waals surface area contributed by atoms with Crippen LogP contribution in [0.5, 0.6) is 0 Å². The summed E-state index contributed by atoms with van der Waals surface area (Å²) in [7, 11) is 0. The first-order chi connectivity index (χ1) is 8.75. The Balaban J connectivity index is 1.59. The third kappa shape index (κ3) is 2.55. The zero-order chi connectivity index (χ0) is 12.4. The fourth-order valence-corrected chi connectivity index (χ4v) is 3.54. The van der Waals surface area contributed by atoms with E-state index in [1.165, 1.54) is 4.70 Å². The van der Waals surface area contributed by atoms with Crippen molar-refractivity contribution < 1.29 is 5.11 Å². The van der Waals surface area contributed by atoms with Gasteiger partial charge < -0.3 is 10.4 Å². The average Bonchev–Trinajstić information content (AvgIpc) is 2.95. The Morgan fingerprint density at radius 2 is 2.06 bits per heavy atom. The number of hydrogen-bond acceptors (Lipinski definition) is 4. The molecule has 0 radical (unpaired) electrons. The van der Waals surface area contributed by atoms with E-state index < -0.39 is 5.60 Å². The number of aliphatic hydroxyl groups is 1. The van der Waals surface area contributed by atoms with Crippen molar-refractivity contribution in [2.45, 2.75) is 37.8 Å². The van der Waals surface area contributed by atoms with Crippen LogP contribution in [-0.4, -0.2) is 22.2 Å². The molecule has 1 fully saturated rings. The zero-order valence-electron chi connectivity index (χ0n) is 10.4. The van der Waals surface area contributed by atoms with Crippen molar-refractivity contribution >= 4 is 21.6 Å². The van der Waals surface area contributed by atoms with Crippen LogP contribution < -0.4 is 5.32 Å². The van der Waals surface area contributed by atoms with Crippen molar-refractivity contribution in [3.63, 3.8) is 0 Å². The summed E-state index contributed by atoms with van der Waals surface area (Å²) in [6, 6.07) is 8.19. The monoisotopic (exact) mass is 262 g/mol. The maximum absolute atomic E-state index is 10.2. The highest BCUT2D eigenvalue weighted by atomic mass is 32.1.